The molecule has 0 fully saturated rings. The Bertz CT molecular complexity index is 1460. The number of esters is 4. The first-order valence-electron chi connectivity index (χ1n) is 13.4. The molecule has 3 aromatic rings. The average Bonchev–Trinajstić information content (AvgIpc) is 3.00. The van der Waals surface area contributed by atoms with Crippen molar-refractivity contribution < 1.29 is 47.3 Å². The maximum atomic E-state index is 12.8. The molecule has 0 aromatic heterocycles. The minimum Gasteiger partial charge on any atom is -0.494 e. The van der Waals surface area contributed by atoms with Gasteiger partial charge in [-0.1, -0.05) is 13.2 Å². The molecule has 43 heavy (non-hydrogen) atoms. The molecule has 224 valence electrons. The van der Waals surface area contributed by atoms with E-state index in [1.54, 1.807) is 37.3 Å². The number of aryl methyl sites for hydroxylation is 1. The molecule has 0 aliphatic rings. The van der Waals surface area contributed by atoms with Gasteiger partial charge in [-0.15, -0.1) is 0 Å². The number of carbonyl (C=O) groups excluding carboxylic acids is 4. The van der Waals surface area contributed by atoms with Gasteiger partial charge < -0.3 is 23.7 Å². The SMILES string of the molecule is C=CC(=O)OCCCCCCOc1ccc(C(=O)Oc2ccc(OC(=O)c3ccc(OC(=O)C(=C)F)cc3)c(C)c2)cc1. The van der Waals surface area contributed by atoms with Crippen LogP contribution in [0.25, 0.3) is 0 Å². The molecule has 3 rings (SSSR count). The van der Waals surface area contributed by atoms with Crippen molar-refractivity contribution in [1.82, 2.24) is 0 Å². The predicted octanol–water partition coefficient (Wildman–Crippen LogP) is 6.49. The molecule has 10 heteroatoms. The predicted molar refractivity (Wildman–Crippen MR) is 155 cm³/mol. The third-order valence-corrected chi connectivity index (χ3v) is 5.89. The highest BCUT2D eigenvalue weighted by molar-refractivity contribution is 5.92. The molecule has 0 atom stereocenters. The molecule has 3 aromatic carbocycles. The van der Waals surface area contributed by atoms with Gasteiger partial charge in [0.1, 0.15) is 23.0 Å². The number of benzene rings is 3. The van der Waals surface area contributed by atoms with Crippen LogP contribution in [0.2, 0.25) is 0 Å². The van der Waals surface area contributed by atoms with E-state index in [1.807, 2.05) is 0 Å². The fourth-order valence-corrected chi connectivity index (χ4v) is 3.61. The van der Waals surface area contributed by atoms with Gasteiger partial charge in [-0.05, 0) is 105 Å². The Hall–Kier alpha value is -5.25. The van der Waals surface area contributed by atoms with Gasteiger partial charge in [-0.25, -0.2) is 19.2 Å². The summed E-state index contributed by atoms with van der Waals surface area (Å²) in [5.74, 6) is -2.93. The van der Waals surface area contributed by atoms with Crippen molar-refractivity contribution in [3.63, 3.8) is 0 Å². The second-order valence-electron chi connectivity index (χ2n) is 9.18. The number of hydrogen-bond donors (Lipinski definition) is 0. The van der Waals surface area contributed by atoms with Gasteiger partial charge in [-0.2, -0.15) is 4.39 Å². The van der Waals surface area contributed by atoms with Crippen molar-refractivity contribution in [3.05, 3.63) is 108 Å². The quantitative estimate of drug-likeness (QED) is 0.0848. The zero-order valence-electron chi connectivity index (χ0n) is 23.6. The first-order valence-corrected chi connectivity index (χ1v) is 13.4. The van der Waals surface area contributed by atoms with Gasteiger partial charge in [0.25, 0.3) is 0 Å². The Morgan fingerprint density at radius 3 is 1.86 bits per heavy atom. The molecule has 0 saturated heterocycles. The third kappa shape index (κ3) is 10.6. The zero-order chi connectivity index (χ0) is 31.2. The minimum absolute atomic E-state index is 0.0406. The van der Waals surface area contributed by atoms with Crippen LogP contribution in [0.1, 0.15) is 52.0 Å². The number of ether oxygens (including phenoxy) is 5. The summed E-state index contributed by atoms with van der Waals surface area (Å²) in [5.41, 5.74) is 1.05. The Labute approximate surface area is 248 Å². The smallest absolute Gasteiger partial charge is 0.371 e. The maximum Gasteiger partial charge on any atom is 0.371 e. The lowest BCUT2D eigenvalue weighted by atomic mass is 10.2. The molecule has 0 aliphatic heterocycles. The number of rotatable bonds is 15. The molecule has 9 nitrogen and oxygen atoms in total. The number of unbranched alkanes of at least 4 members (excludes halogenated alkanes) is 3. The van der Waals surface area contributed by atoms with Crippen LogP contribution >= 0.6 is 0 Å². The first-order chi connectivity index (χ1) is 20.7. The van der Waals surface area contributed by atoms with Crippen molar-refractivity contribution in [1.29, 1.82) is 0 Å². The first kappa shape index (κ1) is 32.3. The highest BCUT2D eigenvalue weighted by atomic mass is 19.1. The fourth-order valence-electron chi connectivity index (χ4n) is 3.61. The van der Waals surface area contributed by atoms with Crippen LogP contribution in [0.15, 0.2) is 91.8 Å². The summed E-state index contributed by atoms with van der Waals surface area (Å²) in [6.07, 6.45) is 4.60. The lowest BCUT2D eigenvalue weighted by Gasteiger charge is -2.11. The normalized spacial score (nSPS) is 10.3. The summed E-state index contributed by atoms with van der Waals surface area (Å²) in [7, 11) is 0. The van der Waals surface area contributed by atoms with Crippen LogP contribution in [0.5, 0.6) is 23.0 Å². The van der Waals surface area contributed by atoms with Crippen LogP contribution in [-0.4, -0.2) is 37.1 Å². The van der Waals surface area contributed by atoms with E-state index in [0.717, 1.165) is 31.8 Å². The summed E-state index contributed by atoms with van der Waals surface area (Å²) >= 11 is 0. The zero-order valence-corrected chi connectivity index (χ0v) is 23.6. The largest absolute Gasteiger partial charge is 0.494 e. The second kappa shape index (κ2) is 16.3. The van der Waals surface area contributed by atoms with E-state index in [9.17, 15) is 23.6 Å². The Balaban J connectivity index is 1.44. The van der Waals surface area contributed by atoms with Gasteiger partial charge >= 0.3 is 23.9 Å². The molecule has 0 amide bonds. The summed E-state index contributed by atoms with van der Waals surface area (Å²) in [5, 5.41) is 0. The Kier molecular flexibility index (Phi) is 12.2. The monoisotopic (exact) mass is 590 g/mol. The molecule has 0 radical (unpaired) electrons. The molecule has 0 saturated carbocycles. The van der Waals surface area contributed by atoms with E-state index in [4.69, 9.17) is 23.7 Å². The molecule has 0 aliphatic carbocycles. The summed E-state index contributed by atoms with van der Waals surface area (Å²) in [6.45, 7) is 8.79. The second-order valence-corrected chi connectivity index (χ2v) is 9.18. The maximum absolute atomic E-state index is 12.8. The van der Waals surface area contributed by atoms with E-state index in [1.165, 1.54) is 36.4 Å². The van der Waals surface area contributed by atoms with Crippen molar-refractivity contribution in [2.45, 2.75) is 32.6 Å². The number of carbonyl (C=O) groups is 4. The molecule has 0 bridgehead atoms. The van der Waals surface area contributed by atoms with Gasteiger partial charge in [0, 0.05) is 6.08 Å². The fraction of sp³-hybridized carbons (Fsp3) is 0.212. The molecule has 0 spiro atoms. The summed E-state index contributed by atoms with van der Waals surface area (Å²) < 4.78 is 39.1. The van der Waals surface area contributed by atoms with E-state index >= 15 is 0 Å². The Morgan fingerprint density at radius 1 is 0.721 bits per heavy atom. The molecular weight excluding hydrogens is 559 g/mol. The summed E-state index contributed by atoms with van der Waals surface area (Å²) in [4.78, 5) is 47.4. The van der Waals surface area contributed by atoms with Gasteiger partial charge in [0.2, 0.25) is 5.83 Å². The van der Waals surface area contributed by atoms with E-state index in [2.05, 4.69) is 13.2 Å². The minimum atomic E-state index is -1.24. The molecule has 0 heterocycles. The molecular formula is C33H31FO9. The highest BCUT2D eigenvalue weighted by Gasteiger charge is 2.15. The standard InChI is InChI=1S/C33H31FO9/c1-4-30(35)40-20-8-6-5-7-19-39-26-13-9-24(10-14-26)32(37)42-28-17-18-29(22(2)21-28)43-33(38)25-11-15-27(16-12-25)41-31(36)23(3)34/h4,9-18,21H,1,3,5-8,19-20H2,2H3. The average molecular weight is 591 g/mol. The number of hydrogen-bond acceptors (Lipinski definition) is 9. The van der Waals surface area contributed by atoms with E-state index < -0.39 is 29.7 Å². The highest BCUT2D eigenvalue weighted by Crippen LogP contribution is 2.26. The molecule has 0 unspecified atom stereocenters. The van der Waals surface area contributed by atoms with E-state index in [0.29, 0.717) is 30.1 Å². The summed E-state index contributed by atoms with van der Waals surface area (Å²) in [6, 6.07) is 16.5. The van der Waals surface area contributed by atoms with Crippen LogP contribution < -0.4 is 18.9 Å². The number of halogens is 1. The van der Waals surface area contributed by atoms with E-state index in [-0.39, 0.29) is 22.8 Å². The lowest BCUT2D eigenvalue weighted by Crippen LogP contribution is -2.11. The van der Waals surface area contributed by atoms with Crippen molar-refractivity contribution >= 4 is 23.9 Å². The Morgan fingerprint density at radius 2 is 1.28 bits per heavy atom. The third-order valence-electron chi connectivity index (χ3n) is 5.89. The van der Waals surface area contributed by atoms with Gasteiger partial charge in [0.15, 0.2) is 0 Å². The van der Waals surface area contributed by atoms with Crippen LogP contribution in [0.4, 0.5) is 4.39 Å². The van der Waals surface area contributed by atoms with Crippen LogP contribution in [0, 0.1) is 6.92 Å². The topological polar surface area (TPSA) is 114 Å². The van der Waals surface area contributed by atoms with Crippen molar-refractivity contribution in [3.8, 4) is 23.0 Å². The van der Waals surface area contributed by atoms with Crippen molar-refractivity contribution in [2.75, 3.05) is 13.2 Å². The van der Waals surface area contributed by atoms with Crippen LogP contribution in [0.3, 0.4) is 0 Å². The molecule has 0 N–H and O–H groups in total. The van der Waals surface area contributed by atoms with Crippen LogP contribution in [-0.2, 0) is 14.3 Å². The lowest BCUT2D eigenvalue weighted by molar-refractivity contribution is -0.138. The van der Waals surface area contributed by atoms with Gasteiger partial charge in [0.05, 0.1) is 24.3 Å². The van der Waals surface area contributed by atoms with Crippen molar-refractivity contribution in [2.24, 2.45) is 0 Å². The van der Waals surface area contributed by atoms with Gasteiger partial charge in [-0.3, -0.25) is 0 Å².